The van der Waals surface area contributed by atoms with Crippen LogP contribution >= 0.6 is 15.9 Å². The van der Waals surface area contributed by atoms with E-state index in [1.807, 2.05) is 39.8 Å². The van der Waals surface area contributed by atoms with Gasteiger partial charge in [-0.1, -0.05) is 29.8 Å². The molecule has 0 bridgehead atoms. The van der Waals surface area contributed by atoms with Crippen molar-refractivity contribution in [2.24, 2.45) is 5.92 Å². The van der Waals surface area contributed by atoms with Gasteiger partial charge in [0, 0.05) is 16.1 Å². The summed E-state index contributed by atoms with van der Waals surface area (Å²) in [5, 5.41) is 2.95. The van der Waals surface area contributed by atoms with Crippen LogP contribution in [0.4, 0.5) is 5.69 Å². The largest absolute Gasteiger partial charge is 0.325 e. The maximum absolute atomic E-state index is 11.6. The van der Waals surface area contributed by atoms with Crippen molar-refractivity contribution in [1.29, 1.82) is 0 Å². The average Bonchev–Trinajstić information content (AvgIpc) is 2.10. The van der Waals surface area contributed by atoms with E-state index in [1.165, 1.54) is 0 Å². The minimum absolute atomic E-state index is 0.00690. The molecule has 0 unspecified atom stereocenters. The summed E-state index contributed by atoms with van der Waals surface area (Å²) in [6.07, 6.45) is 0. The summed E-state index contributed by atoms with van der Waals surface area (Å²) in [4.78, 5) is 11.6. The van der Waals surface area contributed by atoms with E-state index in [0.717, 1.165) is 21.3 Å². The zero-order valence-corrected chi connectivity index (χ0v) is 11.1. The first-order chi connectivity index (χ1) is 6.91. The molecule has 0 aromatic heterocycles. The van der Waals surface area contributed by atoms with E-state index in [9.17, 15) is 4.79 Å². The van der Waals surface area contributed by atoms with Gasteiger partial charge in [0.1, 0.15) is 0 Å². The van der Waals surface area contributed by atoms with Crippen LogP contribution in [0.25, 0.3) is 0 Å². The molecule has 1 N–H and O–H groups in total. The first kappa shape index (κ1) is 12.2. The lowest BCUT2D eigenvalue weighted by Gasteiger charge is -2.13. The van der Waals surface area contributed by atoms with Crippen molar-refractivity contribution in [3.05, 3.63) is 27.7 Å². The number of rotatable bonds is 2. The first-order valence-electron chi connectivity index (χ1n) is 4.99. The smallest absolute Gasteiger partial charge is 0.226 e. The Morgan fingerprint density at radius 1 is 1.27 bits per heavy atom. The van der Waals surface area contributed by atoms with Crippen molar-refractivity contribution in [2.75, 3.05) is 5.32 Å². The number of hydrogen-bond acceptors (Lipinski definition) is 1. The lowest BCUT2D eigenvalue weighted by Crippen LogP contribution is -2.19. The molecule has 0 fully saturated rings. The minimum atomic E-state index is 0.00690. The Bertz CT molecular complexity index is 362. The van der Waals surface area contributed by atoms with E-state index in [4.69, 9.17) is 0 Å². The van der Waals surface area contributed by atoms with E-state index < -0.39 is 0 Å². The fraction of sp³-hybridized carbons (Fsp3) is 0.417. The lowest BCUT2D eigenvalue weighted by molar-refractivity contribution is -0.118. The zero-order valence-electron chi connectivity index (χ0n) is 9.52. The summed E-state index contributed by atoms with van der Waals surface area (Å²) in [5.74, 6) is 0.0657. The standard InChI is InChI=1S/C12H16BrNO/c1-7(2)12(15)14-11-8(3)5-10(13)6-9(11)4/h5-7H,1-4H3,(H,14,15). The molecular weight excluding hydrogens is 254 g/mol. The molecule has 0 atom stereocenters. The Hall–Kier alpha value is -0.830. The van der Waals surface area contributed by atoms with Gasteiger partial charge in [-0.3, -0.25) is 4.79 Å². The SMILES string of the molecule is Cc1cc(Br)cc(C)c1NC(=O)C(C)C. The fourth-order valence-electron chi connectivity index (χ4n) is 1.38. The highest BCUT2D eigenvalue weighted by molar-refractivity contribution is 9.10. The predicted octanol–water partition coefficient (Wildman–Crippen LogP) is 3.66. The number of nitrogens with one attached hydrogen (secondary N) is 1. The molecule has 0 heterocycles. The van der Waals surface area contributed by atoms with Gasteiger partial charge in [-0.15, -0.1) is 0 Å². The molecule has 0 aliphatic rings. The van der Waals surface area contributed by atoms with Crippen molar-refractivity contribution >= 4 is 27.5 Å². The van der Waals surface area contributed by atoms with Gasteiger partial charge in [0.2, 0.25) is 5.91 Å². The third-order valence-corrected chi connectivity index (χ3v) is 2.73. The summed E-state index contributed by atoms with van der Waals surface area (Å²) in [7, 11) is 0. The number of amides is 1. The van der Waals surface area contributed by atoms with Gasteiger partial charge in [0.15, 0.2) is 0 Å². The van der Waals surface area contributed by atoms with Gasteiger partial charge in [-0.2, -0.15) is 0 Å². The van der Waals surface area contributed by atoms with E-state index in [0.29, 0.717) is 0 Å². The third-order valence-electron chi connectivity index (χ3n) is 2.27. The summed E-state index contributed by atoms with van der Waals surface area (Å²) >= 11 is 3.43. The molecule has 0 aliphatic carbocycles. The van der Waals surface area contributed by atoms with Crippen molar-refractivity contribution in [3.8, 4) is 0 Å². The number of benzene rings is 1. The van der Waals surface area contributed by atoms with Crippen molar-refractivity contribution in [2.45, 2.75) is 27.7 Å². The average molecular weight is 270 g/mol. The summed E-state index contributed by atoms with van der Waals surface area (Å²) in [6.45, 7) is 7.76. The molecule has 3 heteroatoms. The topological polar surface area (TPSA) is 29.1 Å². The Kier molecular flexibility index (Phi) is 3.91. The summed E-state index contributed by atoms with van der Waals surface area (Å²) in [5.41, 5.74) is 3.09. The number of carbonyl (C=O) groups excluding carboxylic acids is 1. The fourth-order valence-corrected chi connectivity index (χ4v) is 2.06. The molecule has 82 valence electrons. The number of hydrogen-bond donors (Lipinski definition) is 1. The Balaban J connectivity index is 3.00. The van der Waals surface area contributed by atoms with E-state index in [1.54, 1.807) is 0 Å². The number of anilines is 1. The van der Waals surface area contributed by atoms with Crippen LogP contribution in [-0.4, -0.2) is 5.91 Å². The third kappa shape index (κ3) is 3.06. The van der Waals surface area contributed by atoms with E-state index in [2.05, 4.69) is 21.2 Å². The van der Waals surface area contributed by atoms with Crippen molar-refractivity contribution in [3.63, 3.8) is 0 Å². The quantitative estimate of drug-likeness (QED) is 0.873. The van der Waals surface area contributed by atoms with Crippen LogP contribution in [-0.2, 0) is 4.79 Å². The maximum Gasteiger partial charge on any atom is 0.226 e. The second-order valence-corrected chi connectivity index (χ2v) is 4.97. The lowest BCUT2D eigenvalue weighted by atomic mass is 10.1. The molecule has 1 amide bonds. The van der Waals surface area contributed by atoms with Crippen LogP contribution in [0.15, 0.2) is 16.6 Å². The van der Waals surface area contributed by atoms with Crippen LogP contribution in [0.1, 0.15) is 25.0 Å². The van der Waals surface area contributed by atoms with E-state index >= 15 is 0 Å². The monoisotopic (exact) mass is 269 g/mol. The summed E-state index contributed by atoms with van der Waals surface area (Å²) < 4.78 is 1.04. The molecule has 1 aromatic carbocycles. The molecule has 15 heavy (non-hydrogen) atoms. The Labute approximate surface area is 99.2 Å². The molecule has 2 nitrogen and oxygen atoms in total. The normalized spacial score (nSPS) is 10.5. The second kappa shape index (κ2) is 4.79. The molecule has 1 aromatic rings. The van der Waals surface area contributed by atoms with E-state index in [-0.39, 0.29) is 11.8 Å². The van der Waals surface area contributed by atoms with Gasteiger partial charge in [-0.05, 0) is 37.1 Å². The zero-order chi connectivity index (χ0) is 11.6. The van der Waals surface area contributed by atoms with Crippen LogP contribution in [0.2, 0.25) is 0 Å². The first-order valence-corrected chi connectivity index (χ1v) is 5.78. The molecule has 0 spiro atoms. The highest BCUT2D eigenvalue weighted by atomic mass is 79.9. The molecule has 0 saturated carbocycles. The van der Waals surface area contributed by atoms with Gasteiger partial charge < -0.3 is 5.32 Å². The number of carbonyl (C=O) groups is 1. The highest BCUT2D eigenvalue weighted by Crippen LogP contribution is 2.25. The van der Waals surface area contributed by atoms with Crippen LogP contribution in [0, 0.1) is 19.8 Å². The molecule has 0 radical (unpaired) electrons. The predicted molar refractivity (Wildman–Crippen MR) is 67.1 cm³/mol. The van der Waals surface area contributed by atoms with Crippen molar-refractivity contribution in [1.82, 2.24) is 0 Å². The second-order valence-electron chi connectivity index (χ2n) is 4.06. The molecule has 1 rings (SSSR count). The minimum Gasteiger partial charge on any atom is -0.325 e. The Morgan fingerprint density at radius 3 is 2.13 bits per heavy atom. The van der Waals surface area contributed by atoms with Gasteiger partial charge in [0.05, 0.1) is 0 Å². The van der Waals surface area contributed by atoms with Gasteiger partial charge >= 0.3 is 0 Å². The Morgan fingerprint density at radius 2 is 1.73 bits per heavy atom. The maximum atomic E-state index is 11.6. The van der Waals surface area contributed by atoms with Gasteiger partial charge in [0.25, 0.3) is 0 Å². The van der Waals surface area contributed by atoms with Crippen LogP contribution in [0.5, 0.6) is 0 Å². The highest BCUT2D eigenvalue weighted by Gasteiger charge is 2.10. The van der Waals surface area contributed by atoms with Gasteiger partial charge in [-0.25, -0.2) is 0 Å². The molecular formula is C12H16BrNO. The number of halogens is 1. The summed E-state index contributed by atoms with van der Waals surface area (Å²) in [6, 6.07) is 4.01. The van der Waals surface area contributed by atoms with Crippen LogP contribution in [0.3, 0.4) is 0 Å². The van der Waals surface area contributed by atoms with Crippen molar-refractivity contribution < 1.29 is 4.79 Å². The number of aryl methyl sites for hydroxylation is 2. The molecule has 0 aliphatic heterocycles. The van der Waals surface area contributed by atoms with Crippen LogP contribution < -0.4 is 5.32 Å². The molecule has 0 saturated heterocycles.